The standard InChI is InChI=1S/C20H24FNO2/c1-20(2,3)17-5-4-15(12-18(17)21)24-16-6-9-22-19(13-16)14-7-10-23-11-8-14/h4-6,9,12-14H,7-8,10-11H2,1-3H3. The molecule has 1 aromatic heterocycles. The summed E-state index contributed by atoms with van der Waals surface area (Å²) in [7, 11) is 0. The zero-order chi connectivity index (χ0) is 17.2. The molecule has 2 heterocycles. The number of benzene rings is 1. The Hall–Kier alpha value is -1.94. The number of pyridine rings is 1. The summed E-state index contributed by atoms with van der Waals surface area (Å²) in [5, 5.41) is 0. The highest BCUT2D eigenvalue weighted by Crippen LogP contribution is 2.31. The normalized spacial score (nSPS) is 16.2. The quantitative estimate of drug-likeness (QED) is 0.775. The van der Waals surface area contributed by atoms with Gasteiger partial charge in [0.05, 0.1) is 0 Å². The van der Waals surface area contributed by atoms with Crippen LogP contribution in [0, 0.1) is 5.82 Å². The lowest BCUT2D eigenvalue weighted by Crippen LogP contribution is -2.15. The van der Waals surface area contributed by atoms with Crippen LogP contribution < -0.4 is 4.74 Å². The summed E-state index contributed by atoms with van der Waals surface area (Å²) in [6.45, 7) is 7.53. The summed E-state index contributed by atoms with van der Waals surface area (Å²) in [5.41, 5.74) is 1.48. The highest BCUT2D eigenvalue weighted by Gasteiger charge is 2.20. The summed E-state index contributed by atoms with van der Waals surface area (Å²) in [6.07, 6.45) is 3.71. The Morgan fingerprint density at radius 2 is 1.79 bits per heavy atom. The number of nitrogens with zero attached hydrogens (tertiary/aromatic N) is 1. The summed E-state index contributed by atoms with van der Waals surface area (Å²) in [4.78, 5) is 4.46. The van der Waals surface area contributed by atoms with Crippen LogP contribution in [0.1, 0.15) is 50.8 Å². The summed E-state index contributed by atoms with van der Waals surface area (Å²) >= 11 is 0. The minimum absolute atomic E-state index is 0.227. The number of hydrogen-bond acceptors (Lipinski definition) is 3. The first-order chi connectivity index (χ1) is 11.4. The maximum atomic E-state index is 14.3. The van der Waals surface area contributed by atoms with E-state index in [-0.39, 0.29) is 11.2 Å². The van der Waals surface area contributed by atoms with Gasteiger partial charge in [-0.3, -0.25) is 4.98 Å². The third kappa shape index (κ3) is 3.93. The highest BCUT2D eigenvalue weighted by molar-refractivity contribution is 5.36. The molecule has 1 saturated heterocycles. The zero-order valence-electron chi connectivity index (χ0n) is 14.5. The molecular weight excluding hydrogens is 305 g/mol. The van der Waals surface area contributed by atoms with Gasteiger partial charge in [-0.1, -0.05) is 26.8 Å². The molecule has 2 aromatic rings. The van der Waals surface area contributed by atoms with E-state index < -0.39 is 0 Å². The van der Waals surface area contributed by atoms with Gasteiger partial charge in [0.25, 0.3) is 0 Å². The lowest BCUT2D eigenvalue weighted by molar-refractivity contribution is 0.0844. The largest absolute Gasteiger partial charge is 0.457 e. The van der Waals surface area contributed by atoms with Crippen molar-refractivity contribution in [2.24, 2.45) is 0 Å². The van der Waals surface area contributed by atoms with Crippen molar-refractivity contribution in [3.05, 3.63) is 53.6 Å². The second-order valence-electron chi connectivity index (χ2n) is 7.30. The zero-order valence-corrected chi connectivity index (χ0v) is 14.5. The summed E-state index contributed by atoms with van der Waals surface area (Å²) in [6, 6.07) is 8.82. The van der Waals surface area contributed by atoms with Gasteiger partial charge in [-0.15, -0.1) is 0 Å². The van der Waals surface area contributed by atoms with Crippen molar-refractivity contribution in [3.8, 4) is 11.5 Å². The van der Waals surface area contributed by atoms with E-state index >= 15 is 0 Å². The van der Waals surface area contributed by atoms with Gasteiger partial charge < -0.3 is 9.47 Å². The molecule has 3 rings (SSSR count). The molecule has 0 atom stereocenters. The van der Waals surface area contributed by atoms with Gasteiger partial charge in [-0.05, 0) is 36.0 Å². The van der Waals surface area contributed by atoms with E-state index in [2.05, 4.69) is 4.98 Å². The average molecular weight is 329 g/mol. The predicted molar refractivity (Wildman–Crippen MR) is 92.2 cm³/mol. The van der Waals surface area contributed by atoms with Crippen molar-refractivity contribution >= 4 is 0 Å². The first-order valence-corrected chi connectivity index (χ1v) is 8.45. The maximum absolute atomic E-state index is 14.3. The first-order valence-electron chi connectivity index (χ1n) is 8.45. The molecular formula is C20H24FNO2. The van der Waals surface area contributed by atoms with Crippen molar-refractivity contribution in [1.82, 2.24) is 4.98 Å². The molecule has 0 spiro atoms. The van der Waals surface area contributed by atoms with E-state index in [0.29, 0.717) is 23.0 Å². The number of rotatable bonds is 3. The monoisotopic (exact) mass is 329 g/mol. The molecule has 0 radical (unpaired) electrons. The van der Waals surface area contributed by atoms with Crippen LogP contribution in [0.3, 0.4) is 0 Å². The molecule has 0 aliphatic carbocycles. The Kier molecular flexibility index (Phi) is 4.86. The molecule has 0 N–H and O–H groups in total. The Morgan fingerprint density at radius 3 is 2.46 bits per heavy atom. The van der Waals surface area contributed by atoms with Crippen molar-refractivity contribution in [2.75, 3.05) is 13.2 Å². The van der Waals surface area contributed by atoms with E-state index in [0.717, 1.165) is 31.7 Å². The van der Waals surface area contributed by atoms with E-state index in [1.54, 1.807) is 18.3 Å². The molecule has 1 aliphatic rings. The van der Waals surface area contributed by atoms with E-state index in [1.165, 1.54) is 6.07 Å². The Labute approximate surface area is 142 Å². The van der Waals surface area contributed by atoms with Crippen molar-refractivity contribution in [2.45, 2.75) is 44.9 Å². The molecule has 0 saturated carbocycles. The fourth-order valence-corrected chi connectivity index (χ4v) is 3.01. The Morgan fingerprint density at radius 1 is 1.08 bits per heavy atom. The maximum Gasteiger partial charge on any atom is 0.130 e. The van der Waals surface area contributed by atoms with E-state index in [9.17, 15) is 4.39 Å². The van der Waals surface area contributed by atoms with Gasteiger partial charge in [0.15, 0.2) is 0 Å². The number of ether oxygens (including phenoxy) is 2. The number of hydrogen-bond donors (Lipinski definition) is 0. The van der Waals surface area contributed by atoms with Crippen LogP contribution in [0.5, 0.6) is 11.5 Å². The molecule has 0 amide bonds. The molecule has 1 fully saturated rings. The number of aromatic nitrogens is 1. The molecule has 1 aromatic carbocycles. The summed E-state index contributed by atoms with van der Waals surface area (Å²) < 4.78 is 25.6. The smallest absolute Gasteiger partial charge is 0.130 e. The first kappa shape index (κ1) is 16.9. The van der Waals surface area contributed by atoms with Crippen LogP contribution in [-0.4, -0.2) is 18.2 Å². The van der Waals surface area contributed by atoms with Gasteiger partial charge in [0.1, 0.15) is 17.3 Å². The van der Waals surface area contributed by atoms with Crippen LogP contribution in [0.2, 0.25) is 0 Å². The van der Waals surface area contributed by atoms with Crippen molar-refractivity contribution < 1.29 is 13.9 Å². The van der Waals surface area contributed by atoms with Crippen molar-refractivity contribution in [1.29, 1.82) is 0 Å². The van der Waals surface area contributed by atoms with Crippen LogP contribution >= 0.6 is 0 Å². The van der Waals surface area contributed by atoms with Gasteiger partial charge in [0.2, 0.25) is 0 Å². The fraction of sp³-hybridized carbons (Fsp3) is 0.450. The topological polar surface area (TPSA) is 31.4 Å². The lowest BCUT2D eigenvalue weighted by atomic mass is 9.87. The lowest BCUT2D eigenvalue weighted by Gasteiger charge is -2.22. The van der Waals surface area contributed by atoms with Gasteiger partial charge in [-0.2, -0.15) is 0 Å². The van der Waals surface area contributed by atoms with Gasteiger partial charge in [-0.25, -0.2) is 4.39 Å². The number of halogens is 1. The van der Waals surface area contributed by atoms with Crippen LogP contribution in [0.25, 0.3) is 0 Å². The Bertz CT molecular complexity index is 703. The van der Waals surface area contributed by atoms with Crippen LogP contribution in [0.4, 0.5) is 4.39 Å². The molecule has 0 bridgehead atoms. The van der Waals surface area contributed by atoms with Crippen LogP contribution in [-0.2, 0) is 10.2 Å². The fourth-order valence-electron chi connectivity index (χ4n) is 3.01. The second-order valence-corrected chi connectivity index (χ2v) is 7.30. The Balaban J connectivity index is 1.77. The molecule has 24 heavy (non-hydrogen) atoms. The third-order valence-electron chi connectivity index (χ3n) is 4.38. The van der Waals surface area contributed by atoms with Crippen LogP contribution in [0.15, 0.2) is 36.5 Å². The molecule has 128 valence electrons. The SMILES string of the molecule is CC(C)(C)c1ccc(Oc2ccnc(C3CCOCC3)c2)cc1F. The summed E-state index contributed by atoms with van der Waals surface area (Å²) in [5.74, 6) is 1.36. The van der Waals surface area contributed by atoms with Crippen molar-refractivity contribution in [3.63, 3.8) is 0 Å². The van der Waals surface area contributed by atoms with E-state index in [4.69, 9.17) is 9.47 Å². The van der Waals surface area contributed by atoms with Gasteiger partial charge in [0, 0.05) is 43.2 Å². The average Bonchev–Trinajstić information content (AvgIpc) is 2.55. The van der Waals surface area contributed by atoms with E-state index in [1.807, 2.05) is 32.9 Å². The molecule has 3 nitrogen and oxygen atoms in total. The van der Waals surface area contributed by atoms with Gasteiger partial charge >= 0.3 is 0 Å². The molecule has 4 heteroatoms. The minimum Gasteiger partial charge on any atom is -0.457 e. The minimum atomic E-state index is -0.237. The second kappa shape index (κ2) is 6.89. The molecule has 1 aliphatic heterocycles. The highest BCUT2D eigenvalue weighted by atomic mass is 19.1. The molecule has 0 unspecified atom stereocenters. The predicted octanol–water partition coefficient (Wildman–Crippen LogP) is 5.20. The third-order valence-corrected chi connectivity index (χ3v) is 4.38.